The summed E-state index contributed by atoms with van der Waals surface area (Å²) in [5.41, 5.74) is 0.00755. The molecule has 5 rings (SSSR count). The van der Waals surface area contributed by atoms with E-state index in [1.807, 2.05) is 11.8 Å². The van der Waals surface area contributed by atoms with Gasteiger partial charge in [-0.1, -0.05) is 18.5 Å². The van der Waals surface area contributed by atoms with Crippen LogP contribution in [0.2, 0.25) is 5.02 Å². The molecule has 1 saturated heterocycles. The van der Waals surface area contributed by atoms with Crippen molar-refractivity contribution in [1.29, 1.82) is 0 Å². The number of methoxy groups -OCH3 is 1. The van der Waals surface area contributed by atoms with E-state index >= 15 is 0 Å². The average molecular weight is 713 g/mol. The second kappa shape index (κ2) is 12.6. The number of alkyl halides is 3. The molecule has 238 valence electrons. The zero-order valence-corrected chi connectivity index (χ0v) is 26.5. The van der Waals surface area contributed by atoms with Gasteiger partial charge < -0.3 is 24.4 Å². The first-order valence-corrected chi connectivity index (χ1v) is 14.8. The van der Waals surface area contributed by atoms with Crippen LogP contribution in [0, 0.1) is 6.92 Å². The van der Waals surface area contributed by atoms with E-state index in [9.17, 15) is 27.6 Å². The van der Waals surface area contributed by atoms with Crippen LogP contribution in [0.3, 0.4) is 0 Å². The Kier molecular flexibility index (Phi) is 9.02. The summed E-state index contributed by atoms with van der Waals surface area (Å²) in [6.07, 6.45) is -2.98. The second-order valence-corrected chi connectivity index (χ2v) is 11.1. The van der Waals surface area contributed by atoms with Crippen LogP contribution in [-0.4, -0.2) is 79.1 Å². The van der Waals surface area contributed by atoms with E-state index in [-0.39, 0.29) is 71.2 Å². The number of carbonyl (C=O) groups is 2. The summed E-state index contributed by atoms with van der Waals surface area (Å²) >= 11 is 9.23. The number of anilines is 2. The molecule has 4 aromatic rings. The Balaban J connectivity index is 1.43. The Morgan fingerprint density at radius 3 is 2.49 bits per heavy atom. The Morgan fingerprint density at radius 2 is 1.87 bits per heavy atom. The number of aromatic nitrogens is 6. The van der Waals surface area contributed by atoms with Gasteiger partial charge in [-0.15, -0.1) is 5.10 Å². The number of fused-ring (bicyclic) bond motifs is 1. The van der Waals surface area contributed by atoms with Crippen LogP contribution in [0.15, 0.2) is 34.1 Å². The molecule has 1 N–H and O–H groups in total. The topological polar surface area (TPSA) is 140 Å². The molecule has 0 saturated carbocycles. The number of amides is 2. The van der Waals surface area contributed by atoms with Crippen molar-refractivity contribution in [3.05, 3.63) is 67.3 Å². The van der Waals surface area contributed by atoms with Crippen molar-refractivity contribution in [2.75, 3.05) is 43.5 Å². The number of piperazine rings is 1. The fraction of sp³-hybridized carbons (Fsp3) is 0.370. The maximum atomic E-state index is 13.7. The van der Waals surface area contributed by atoms with Crippen LogP contribution in [0.4, 0.5) is 24.5 Å². The highest BCUT2D eigenvalue weighted by Gasteiger charge is 2.32. The number of benzene rings is 1. The van der Waals surface area contributed by atoms with Gasteiger partial charge in [-0.25, -0.2) is 9.97 Å². The lowest BCUT2D eigenvalue weighted by Crippen LogP contribution is -2.51. The fourth-order valence-electron chi connectivity index (χ4n) is 5.17. The van der Waals surface area contributed by atoms with Crippen molar-refractivity contribution in [2.24, 2.45) is 0 Å². The summed E-state index contributed by atoms with van der Waals surface area (Å²) in [5.74, 6) is -0.578. The molecule has 1 fully saturated rings. The molecule has 0 spiro atoms. The van der Waals surface area contributed by atoms with Crippen LogP contribution in [-0.2, 0) is 23.9 Å². The van der Waals surface area contributed by atoms with Crippen molar-refractivity contribution in [3.8, 4) is 5.75 Å². The first-order valence-electron chi connectivity index (χ1n) is 13.6. The van der Waals surface area contributed by atoms with E-state index < -0.39 is 23.2 Å². The van der Waals surface area contributed by atoms with E-state index in [1.54, 1.807) is 11.8 Å². The van der Waals surface area contributed by atoms with E-state index in [0.717, 1.165) is 22.7 Å². The molecule has 0 bridgehead atoms. The summed E-state index contributed by atoms with van der Waals surface area (Å²) in [5, 5.41) is 6.41. The summed E-state index contributed by atoms with van der Waals surface area (Å²) < 4.78 is 47.2. The monoisotopic (exact) mass is 711 g/mol. The zero-order chi connectivity index (χ0) is 32.6. The molecule has 1 aliphatic heterocycles. The molecule has 0 aliphatic carbocycles. The molecule has 18 heteroatoms. The number of rotatable bonds is 7. The van der Waals surface area contributed by atoms with Gasteiger partial charge in [0.15, 0.2) is 11.4 Å². The minimum Gasteiger partial charge on any atom is -0.492 e. The Hall–Kier alpha value is -4.25. The van der Waals surface area contributed by atoms with Crippen LogP contribution < -0.4 is 20.5 Å². The lowest BCUT2D eigenvalue weighted by Gasteiger charge is -2.36. The van der Waals surface area contributed by atoms with Gasteiger partial charge in [-0.3, -0.25) is 14.4 Å². The molecule has 1 aromatic carbocycles. The minimum absolute atomic E-state index is 0.0102. The molecular formula is C27H26BrClF3N9O4. The Morgan fingerprint density at radius 1 is 1.16 bits per heavy atom. The van der Waals surface area contributed by atoms with Crippen LogP contribution in [0.5, 0.6) is 5.75 Å². The van der Waals surface area contributed by atoms with Crippen LogP contribution >= 0.6 is 27.5 Å². The normalized spacial score (nSPS) is 13.8. The molecule has 4 heterocycles. The minimum atomic E-state index is -4.60. The number of hydrogen-bond acceptors (Lipinski definition) is 9. The van der Waals surface area contributed by atoms with E-state index in [1.165, 1.54) is 18.0 Å². The van der Waals surface area contributed by atoms with E-state index in [2.05, 4.69) is 41.3 Å². The third kappa shape index (κ3) is 6.31. The predicted molar refractivity (Wildman–Crippen MR) is 161 cm³/mol. The third-order valence-electron chi connectivity index (χ3n) is 7.28. The quantitative estimate of drug-likeness (QED) is 0.305. The van der Waals surface area contributed by atoms with Gasteiger partial charge in [0.1, 0.15) is 18.6 Å². The second-order valence-electron chi connectivity index (χ2n) is 9.99. The number of nitrogens with one attached hydrogen (secondary N) is 1. The molecule has 0 radical (unpaired) electrons. The van der Waals surface area contributed by atoms with Crippen LogP contribution in [0.25, 0.3) is 5.78 Å². The maximum Gasteiger partial charge on any atom is 0.416 e. The summed E-state index contributed by atoms with van der Waals surface area (Å²) in [6.45, 7) is 4.27. The van der Waals surface area contributed by atoms with Gasteiger partial charge in [0.05, 0.1) is 34.8 Å². The smallest absolute Gasteiger partial charge is 0.416 e. The molecule has 1 aliphatic rings. The highest BCUT2D eigenvalue weighted by Crippen LogP contribution is 2.34. The predicted octanol–water partition coefficient (Wildman–Crippen LogP) is 3.60. The maximum absolute atomic E-state index is 13.7. The van der Waals surface area contributed by atoms with Crippen molar-refractivity contribution in [3.63, 3.8) is 0 Å². The number of halogens is 5. The summed E-state index contributed by atoms with van der Waals surface area (Å²) in [4.78, 5) is 56.1. The molecule has 0 unspecified atom stereocenters. The van der Waals surface area contributed by atoms with Crippen LogP contribution in [0.1, 0.15) is 34.4 Å². The van der Waals surface area contributed by atoms with Gasteiger partial charge in [-0.2, -0.15) is 22.7 Å². The van der Waals surface area contributed by atoms with Crippen molar-refractivity contribution < 1.29 is 27.5 Å². The largest absolute Gasteiger partial charge is 0.492 e. The van der Waals surface area contributed by atoms with Crippen molar-refractivity contribution >= 4 is 56.5 Å². The number of nitrogens with zero attached hydrogens (tertiary/aromatic N) is 8. The average Bonchev–Trinajstić information content (AvgIpc) is 3.40. The van der Waals surface area contributed by atoms with Gasteiger partial charge in [-0.05, 0) is 47.5 Å². The number of ether oxygens (including phenoxy) is 1. The summed E-state index contributed by atoms with van der Waals surface area (Å²) in [7, 11) is 1.44. The summed E-state index contributed by atoms with van der Waals surface area (Å²) in [6, 6.07) is 2.62. The van der Waals surface area contributed by atoms with Crippen molar-refractivity contribution in [2.45, 2.75) is 33.0 Å². The molecule has 0 atom stereocenters. The van der Waals surface area contributed by atoms with Gasteiger partial charge in [0, 0.05) is 26.2 Å². The SMILES string of the molecule is CCc1c(N2CCN(C(=O)c3ncnc(C)c3OC)CC2)c(=O)n2nc(Br)nc2n1CC(=O)Nc1ccc(C(F)(F)F)cc1Cl. The molecular weight excluding hydrogens is 687 g/mol. The van der Waals surface area contributed by atoms with Crippen molar-refractivity contribution in [1.82, 2.24) is 34.0 Å². The first kappa shape index (κ1) is 32.2. The standard InChI is InChI=1S/C27H26BrClF3N9O4/c1-4-18-21(38-7-9-39(10-8-38)23(43)20-22(45-3)14(2)33-13-34-20)24(44)41-26(36-25(28)37-41)40(18)12-19(42)35-17-6-5-15(11-16(17)29)27(30,31)32/h5-6,11,13H,4,7-10,12H2,1-3H3,(H,35,42). The highest BCUT2D eigenvalue weighted by molar-refractivity contribution is 9.10. The lowest BCUT2D eigenvalue weighted by atomic mass is 10.2. The lowest BCUT2D eigenvalue weighted by molar-refractivity contribution is -0.137. The Labute approximate surface area is 267 Å². The number of hydrogen-bond donors (Lipinski definition) is 1. The Bertz CT molecular complexity index is 1860. The van der Waals surface area contributed by atoms with Gasteiger partial charge >= 0.3 is 6.18 Å². The molecule has 13 nitrogen and oxygen atoms in total. The molecule has 3 aromatic heterocycles. The zero-order valence-electron chi connectivity index (χ0n) is 24.2. The number of carbonyl (C=O) groups excluding carboxylic acids is 2. The van der Waals surface area contributed by atoms with E-state index in [0.29, 0.717) is 23.6 Å². The third-order valence-corrected chi connectivity index (χ3v) is 7.93. The first-order chi connectivity index (χ1) is 21.3. The van der Waals surface area contributed by atoms with Gasteiger partial charge in [0.25, 0.3) is 11.5 Å². The number of aryl methyl sites for hydroxylation is 1. The molecule has 45 heavy (non-hydrogen) atoms. The molecule has 2 amide bonds. The van der Waals surface area contributed by atoms with Gasteiger partial charge in [0.2, 0.25) is 16.4 Å². The van der Waals surface area contributed by atoms with E-state index in [4.69, 9.17) is 16.3 Å². The fourth-order valence-corrected chi connectivity index (χ4v) is 5.72. The highest BCUT2D eigenvalue weighted by atomic mass is 79.9.